The van der Waals surface area contributed by atoms with Crippen molar-refractivity contribution in [1.29, 1.82) is 0 Å². The van der Waals surface area contributed by atoms with Crippen LogP contribution in [0.4, 0.5) is 0 Å². The summed E-state index contributed by atoms with van der Waals surface area (Å²) in [7, 11) is 0. The van der Waals surface area contributed by atoms with Crippen molar-refractivity contribution in [3.63, 3.8) is 0 Å². The number of hydrogen-bond acceptors (Lipinski definition) is 2. The minimum absolute atomic E-state index is 0. The number of pyridine rings is 2. The second-order valence-electron chi connectivity index (χ2n) is 7.14. The Kier molecular flexibility index (Phi) is 18.8. The van der Waals surface area contributed by atoms with Gasteiger partial charge in [-0.15, -0.1) is 59.7 Å². The second-order valence-corrected chi connectivity index (χ2v) is 7.14. The first kappa shape index (κ1) is 35.5. The molecule has 0 fully saturated rings. The number of allylic oxidation sites excluding steroid dienone is 4. The molecule has 0 spiro atoms. The van der Waals surface area contributed by atoms with E-state index in [0.29, 0.717) is 0 Å². The van der Waals surface area contributed by atoms with Crippen molar-refractivity contribution in [1.82, 2.24) is 9.97 Å². The second kappa shape index (κ2) is 18.5. The summed E-state index contributed by atoms with van der Waals surface area (Å²) in [6, 6.07) is 21.0. The zero-order valence-electron chi connectivity index (χ0n) is 20.7. The van der Waals surface area contributed by atoms with Gasteiger partial charge in [0.1, 0.15) is 0 Å². The number of halogens is 2. The molecule has 5 rings (SSSR count). The number of nitrogens with zero attached hydrogens (tertiary/aromatic N) is 2. The third-order valence-corrected chi connectivity index (χ3v) is 5.06. The molecule has 0 saturated heterocycles. The van der Waals surface area contributed by atoms with E-state index in [0.717, 1.165) is 29.8 Å². The predicted molar refractivity (Wildman–Crippen MR) is 155 cm³/mol. The van der Waals surface area contributed by atoms with Crippen LogP contribution in [0.2, 0.25) is 0 Å². The summed E-state index contributed by atoms with van der Waals surface area (Å²) in [4.78, 5) is 9.05. The first-order chi connectivity index (χ1) is 15.2. The Morgan fingerprint density at radius 3 is 2.03 bits per heavy atom. The van der Waals surface area contributed by atoms with Crippen molar-refractivity contribution < 1.29 is 23.3 Å². The molecule has 184 valence electrons. The molecule has 2 aromatic heterocycles. The molecule has 1 aliphatic rings. The molecule has 6 heteroatoms. The molecule has 2 aromatic carbocycles. The molecule has 1 aliphatic carbocycles. The van der Waals surface area contributed by atoms with E-state index in [4.69, 9.17) is 0 Å². The fourth-order valence-corrected chi connectivity index (χ4v) is 3.52. The fourth-order valence-electron chi connectivity index (χ4n) is 3.52. The van der Waals surface area contributed by atoms with Crippen LogP contribution in [-0.4, -0.2) is 16.8 Å². The van der Waals surface area contributed by atoms with Crippen LogP contribution < -0.4 is 0 Å². The standard InChI is InChI=1S/C21H17N2.C6H7.2CH3.2ClH.Si.Zr/c1-2-15-11-16-13-17(20-7-3-5-9-22-20)14-19(18(16)12-15)21-8-4-6-10-23-21;1-6-4-2-3-5-6;;;;;;/h3-14H,2H2,1H3;2,4H,3H2,1H3;2*1H3;2*1H;;/q4*-1;;;;. The van der Waals surface area contributed by atoms with Crippen LogP contribution >= 0.6 is 24.8 Å². The van der Waals surface area contributed by atoms with Gasteiger partial charge in [-0.25, -0.2) is 11.6 Å². The van der Waals surface area contributed by atoms with Gasteiger partial charge in [-0.1, -0.05) is 32.0 Å². The Balaban J connectivity index is 0. The molecule has 0 atom stereocenters. The fraction of sp³-hybridized carbons (Fsp3) is 0.138. The Hall–Kier alpha value is -1.71. The van der Waals surface area contributed by atoms with Gasteiger partial charge in [0, 0.05) is 12.4 Å². The van der Waals surface area contributed by atoms with Crippen molar-refractivity contribution in [3.05, 3.63) is 117 Å². The molecule has 4 aromatic rings. The maximum absolute atomic E-state index is 4.55. The van der Waals surface area contributed by atoms with Gasteiger partial charge in [0.05, 0.1) is 11.4 Å². The van der Waals surface area contributed by atoms with E-state index in [1.54, 1.807) is 0 Å². The van der Waals surface area contributed by atoms with Crippen LogP contribution in [0, 0.1) is 20.9 Å². The van der Waals surface area contributed by atoms with Crippen molar-refractivity contribution in [2.24, 2.45) is 0 Å². The molecule has 2 heterocycles. The van der Waals surface area contributed by atoms with Gasteiger partial charge < -0.3 is 14.9 Å². The average Bonchev–Trinajstić information content (AvgIpc) is 3.50. The van der Waals surface area contributed by atoms with Gasteiger partial charge in [0.2, 0.25) is 0 Å². The molecule has 2 radical (unpaired) electrons. The van der Waals surface area contributed by atoms with Crippen LogP contribution in [-0.2, 0) is 29.8 Å². The van der Waals surface area contributed by atoms with E-state index in [9.17, 15) is 0 Å². The normalized spacial score (nSPS) is 10.5. The van der Waals surface area contributed by atoms with Crippen LogP contribution in [0.5, 0.6) is 0 Å². The van der Waals surface area contributed by atoms with Gasteiger partial charge in [0.15, 0.2) is 0 Å². The van der Waals surface area contributed by atoms with Crippen LogP contribution in [0.1, 0.15) is 25.8 Å². The van der Waals surface area contributed by atoms with Crippen LogP contribution in [0.25, 0.3) is 33.3 Å². The Morgan fingerprint density at radius 1 is 0.943 bits per heavy atom. The van der Waals surface area contributed by atoms with Crippen LogP contribution in [0.3, 0.4) is 0 Å². The summed E-state index contributed by atoms with van der Waals surface area (Å²) in [5.41, 5.74) is 6.93. The SMILES string of the molecule is CC1=[C-]CC=C1.CCc1cc2c(-c3ccccn3)cc(-c3ccccn3)cc2[cH-]1.Cl.Cl.[CH3-].[CH3-].[Si]=[Zr]. The van der Waals surface area contributed by atoms with Gasteiger partial charge in [0.25, 0.3) is 0 Å². The van der Waals surface area contributed by atoms with E-state index < -0.39 is 0 Å². The zero-order chi connectivity index (χ0) is 22.1. The third-order valence-electron chi connectivity index (χ3n) is 5.06. The molecular formula is C29H32Cl2N2SiZr-4. The molecule has 0 bridgehead atoms. The van der Waals surface area contributed by atoms with E-state index in [1.165, 1.54) is 50.8 Å². The summed E-state index contributed by atoms with van der Waals surface area (Å²) in [6.45, 7) is 7.31. The van der Waals surface area contributed by atoms with Crippen molar-refractivity contribution >= 4 is 42.5 Å². The summed E-state index contributed by atoms with van der Waals surface area (Å²) < 4.78 is 0. The van der Waals surface area contributed by atoms with Crippen LogP contribution in [0.15, 0.2) is 90.8 Å². The molecule has 35 heavy (non-hydrogen) atoms. The number of aromatic nitrogens is 2. The topological polar surface area (TPSA) is 25.8 Å². The first-order valence-electron chi connectivity index (χ1n) is 10.3. The van der Waals surface area contributed by atoms with Gasteiger partial charge in [-0.2, -0.15) is 12.1 Å². The Labute approximate surface area is 240 Å². The summed E-state index contributed by atoms with van der Waals surface area (Å²) in [5, 5.41) is 2.52. The zero-order valence-corrected chi connectivity index (χ0v) is 25.8. The Morgan fingerprint density at radius 2 is 1.57 bits per heavy atom. The number of hydrogen-bond donors (Lipinski definition) is 0. The Bertz CT molecular complexity index is 1190. The summed E-state index contributed by atoms with van der Waals surface area (Å²) in [5.74, 6) is 0. The summed E-state index contributed by atoms with van der Waals surface area (Å²) in [6.07, 6.45) is 13.1. The molecule has 0 saturated carbocycles. The number of aryl methyl sites for hydroxylation is 1. The third kappa shape index (κ3) is 9.69. The minimum atomic E-state index is 0. The van der Waals surface area contributed by atoms with E-state index in [2.05, 4.69) is 79.3 Å². The molecule has 2 nitrogen and oxygen atoms in total. The van der Waals surface area contributed by atoms with Gasteiger partial charge in [-0.3, -0.25) is 16.0 Å². The summed E-state index contributed by atoms with van der Waals surface area (Å²) >= 11 is 1.36. The van der Waals surface area contributed by atoms with E-state index in [-0.39, 0.29) is 39.7 Å². The molecule has 0 aliphatic heterocycles. The quantitative estimate of drug-likeness (QED) is 0.175. The van der Waals surface area contributed by atoms with Crippen molar-refractivity contribution in [2.45, 2.75) is 26.7 Å². The predicted octanol–water partition coefficient (Wildman–Crippen LogP) is 8.30. The van der Waals surface area contributed by atoms with E-state index in [1.807, 2.05) is 42.7 Å². The average molecular weight is 599 g/mol. The molecule has 0 amide bonds. The van der Waals surface area contributed by atoms with Gasteiger partial charge in [-0.05, 0) is 41.8 Å². The first-order valence-corrected chi connectivity index (χ1v) is 14.5. The number of fused-ring (bicyclic) bond motifs is 1. The van der Waals surface area contributed by atoms with E-state index >= 15 is 0 Å². The molecular weight excluding hydrogens is 567 g/mol. The number of benzene rings is 1. The number of rotatable bonds is 3. The van der Waals surface area contributed by atoms with Crippen molar-refractivity contribution in [3.8, 4) is 22.5 Å². The van der Waals surface area contributed by atoms with Gasteiger partial charge >= 0.3 is 30.2 Å². The molecule has 0 N–H and O–H groups in total. The monoisotopic (exact) mass is 596 g/mol. The molecule has 0 unspecified atom stereocenters. The van der Waals surface area contributed by atoms with Crippen molar-refractivity contribution in [2.75, 3.05) is 0 Å². The maximum atomic E-state index is 4.55.